The number of amides is 1. The van der Waals surface area contributed by atoms with Gasteiger partial charge in [0, 0.05) is 11.8 Å². The minimum Gasteiger partial charge on any atom is -0.305 e. The van der Waals surface area contributed by atoms with Crippen molar-refractivity contribution in [2.45, 2.75) is 26.8 Å². The van der Waals surface area contributed by atoms with Crippen molar-refractivity contribution in [3.63, 3.8) is 0 Å². The Balaban J connectivity index is 2.01. The van der Waals surface area contributed by atoms with E-state index in [9.17, 15) is 13.6 Å². The van der Waals surface area contributed by atoms with Crippen molar-refractivity contribution in [2.24, 2.45) is 0 Å². The van der Waals surface area contributed by atoms with Gasteiger partial charge in [0.1, 0.15) is 11.5 Å². The number of aromatic nitrogens is 4. The molecule has 0 aliphatic carbocycles. The number of hydrogen-bond acceptors (Lipinski definition) is 3. The van der Waals surface area contributed by atoms with Crippen LogP contribution < -0.4 is 5.32 Å². The molecular weight excluding hydrogens is 328 g/mol. The van der Waals surface area contributed by atoms with Gasteiger partial charge in [-0.05, 0) is 31.5 Å². The summed E-state index contributed by atoms with van der Waals surface area (Å²) in [4.78, 5) is 12.5. The van der Waals surface area contributed by atoms with Crippen LogP contribution in [0.15, 0.2) is 42.6 Å². The van der Waals surface area contributed by atoms with Crippen LogP contribution in [-0.2, 0) is 6.42 Å². The number of anilines is 1. The fourth-order valence-corrected chi connectivity index (χ4v) is 2.60. The van der Waals surface area contributed by atoms with E-state index in [2.05, 4.69) is 15.5 Å². The van der Waals surface area contributed by atoms with Gasteiger partial charge >= 0.3 is 6.55 Å². The first kappa shape index (κ1) is 16.8. The van der Waals surface area contributed by atoms with Gasteiger partial charge in [0.05, 0.1) is 11.4 Å². The number of para-hydroxylation sites is 1. The van der Waals surface area contributed by atoms with E-state index in [0.29, 0.717) is 16.9 Å². The Morgan fingerprint density at radius 1 is 1.24 bits per heavy atom. The maximum Gasteiger partial charge on any atom is 0.333 e. The van der Waals surface area contributed by atoms with Crippen LogP contribution >= 0.6 is 0 Å². The fourth-order valence-electron chi connectivity index (χ4n) is 2.60. The van der Waals surface area contributed by atoms with Crippen molar-refractivity contribution in [1.82, 2.24) is 19.6 Å². The molecule has 2 heterocycles. The molecule has 0 aliphatic heterocycles. The number of rotatable bonds is 5. The zero-order valence-corrected chi connectivity index (χ0v) is 13.8. The number of carbonyl (C=O) groups excluding carboxylic acids is 1. The normalized spacial score (nSPS) is 11.1. The van der Waals surface area contributed by atoms with Crippen molar-refractivity contribution >= 4 is 11.7 Å². The first-order chi connectivity index (χ1) is 12.0. The van der Waals surface area contributed by atoms with Gasteiger partial charge in [-0.1, -0.05) is 25.1 Å². The van der Waals surface area contributed by atoms with Crippen LogP contribution in [0.2, 0.25) is 0 Å². The van der Waals surface area contributed by atoms with E-state index in [1.54, 1.807) is 4.68 Å². The van der Waals surface area contributed by atoms with E-state index >= 15 is 0 Å². The number of aryl methyl sites for hydroxylation is 1. The average molecular weight is 345 g/mol. The monoisotopic (exact) mass is 345 g/mol. The number of benzene rings is 1. The summed E-state index contributed by atoms with van der Waals surface area (Å²) in [5.41, 5.74) is 2.17. The Hall–Kier alpha value is -3.03. The first-order valence-electron chi connectivity index (χ1n) is 7.79. The molecule has 0 fully saturated rings. The van der Waals surface area contributed by atoms with E-state index in [1.165, 1.54) is 12.3 Å². The number of halogens is 2. The van der Waals surface area contributed by atoms with Crippen LogP contribution in [0, 0.1) is 6.92 Å². The minimum atomic E-state index is -2.89. The largest absolute Gasteiger partial charge is 0.333 e. The standard InChI is InChI=1S/C17H17F2N5O/c1-3-13-11(2)15(23(22-13)12-7-5-4-6-8-12)21-16(25)14-9-10-20-24(14)17(18)19/h4-10,17H,3H2,1-2H3,(H,21,25). The molecule has 3 rings (SSSR count). The summed E-state index contributed by atoms with van der Waals surface area (Å²) in [6.45, 7) is 0.912. The summed E-state index contributed by atoms with van der Waals surface area (Å²) in [6.07, 6.45) is 1.85. The van der Waals surface area contributed by atoms with E-state index in [4.69, 9.17) is 0 Å². The summed E-state index contributed by atoms with van der Waals surface area (Å²) in [5, 5.41) is 10.7. The van der Waals surface area contributed by atoms with Crippen molar-refractivity contribution in [3.05, 3.63) is 59.5 Å². The van der Waals surface area contributed by atoms with Crippen LogP contribution in [0.25, 0.3) is 5.69 Å². The summed E-state index contributed by atoms with van der Waals surface area (Å²) in [5.74, 6) is -0.212. The van der Waals surface area contributed by atoms with Crippen LogP contribution in [0.1, 0.15) is 35.2 Å². The molecule has 0 spiro atoms. The first-order valence-corrected chi connectivity index (χ1v) is 7.79. The van der Waals surface area contributed by atoms with Gasteiger partial charge < -0.3 is 5.32 Å². The van der Waals surface area contributed by atoms with Crippen molar-refractivity contribution in [2.75, 3.05) is 5.32 Å². The Labute approximate surface area is 143 Å². The van der Waals surface area contributed by atoms with Crippen molar-refractivity contribution in [3.8, 4) is 5.69 Å². The number of hydrogen-bond donors (Lipinski definition) is 1. The highest BCUT2D eigenvalue weighted by atomic mass is 19.3. The summed E-state index contributed by atoms with van der Waals surface area (Å²) >= 11 is 0. The molecule has 1 amide bonds. The number of carbonyl (C=O) groups is 1. The van der Waals surface area contributed by atoms with Crippen LogP contribution in [0.3, 0.4) is 0 Å². The van der Waals surface area contributed by atoms with Crippen LogP contribution in [0.5, 0.6) is 0 Å². The molecule has 1 N–H and O–H groups in total. The molecule has 0 saturated carbocycles. The molecule has 0 atom stereocenters. The summed E-state index contributed by atoms with van der Waals surface area (Å²) in [6, 6.07) is 10.5. The second-order valence-electron chi connectivity index (χ2n) is 5.41. The number of nitrogens with one attached hydrogen (secondary N) is 1. The van der Waals surface area contributed by atoms with Crippen LogP contribution in [-0.4, -0.2) is 25.5 Å². The Kier molecular flexibility index (Phi) is 4.60. The highest BCUT2D eigenvalue weighted by Crippen LogP contribution is 2.24. The SMILES string of the molecule is CCc1nn(-c2ccccc2)c(NC(=O)c2ccnn2C(F)F)c1C. The van der Waals surface area contributed by atoms with Crippen LogP contribution in [0.4, 0.5) is 14.6 Å². The van der Waals surface area contributed by atoms with Gasteiger partial charge in [0.15, 0.2) is 0 Å². The smallest absolute Gasteiger partial charge is 0.305 e. The molecule has 0 saturated heterocycles. The number of alkyl halides is 2. The molecule has 8 heteroatoms. The second-order valence-corrected chi connectivity index (χ2v) is 5.41. The Morgan fingerprint density at radius 3 is 2.60 bits per heavy atom. The van der Waals surface area contributed by atoms with E-state index in [-0.39, 0.29) is 5.69 Å². The molecule has 130 valence electrons. The van der Waals surface area contributed by atoms with Gasteiger partial charge in [-0.2, -0.15) is 23.7 Å². The molecule has 0 aliphatic rings. The molecular formula is C17H17F2N5O. The third-order valence-corrected chi connectivity index (χ3v) is 3.88. The molecule has 0 bridgehead atoms. The predicted octanol–water partition coefficient (Wildman–Crippen LogP) is 3.59. The molecule has 0 radical (unpaired) electrons. The zero-order chi connectivity index (χ0) is 18.0. The lowest BCUT2D eigenvalue weighted by Crippen LogP contribution is -2.20. The minimum absolute atomic E-state index is 0.215. The third-order valence-electron chi connectivity index (χ3n) is 3.88. The van der Waals surface area contributed by atoms with Gasteiger partial charge in [-0.25, -0.2) is 4.68 Å². The number of nitrogens with zero attached hydrogens (tertiary/aromatic N) is 4. The Morgan fingerprint density at radius 2 is 1.96 bits per heavy atom. The maximum absolute atomic E-state index is 12.9. The highest BCUT2D eigenvalue weighted by Gasteiger charge is 2.22. The van der Waals surface area contributed by atoms with Crippen molar-refractivity contribution in [1.29, 1.82) is 0 Å². The quantitative estimate of drug-likeness (QED) is 0.769. The summed E-state index contributed by atoms with van der Waals surface area (Å²) < 4.78 is 27.9. The highest BCUT2D eigenvalue weighted by molar-refractivity contribution is 6.03. The topological polar surface area (TPSA) is 64.7 Å². The molecule has 2 aromatic heterocycles. The van der Waals surface area contributed by atoms with Gasteiger partial charge in [-0.15, -0.1) is 0 Å². The van der Waals surface area contributed by atoms with Gasteiger partial charge in [0.2, 0.25) is 0 Å². The second kappa shape index (κ2) is 6.84. The molecule has 25 heavy (non-hydrogen) atoms. The van der Waals surface area contributed by atoms with Gasteiger partial charge in [0.25, 0.3) is 5.91 Å². The third kappa shape index (κ3) is 3.15. The average Bonchev–Trinajstić information content (AvgIpc) is 3.22. The Bertz CT molecular complexity index is 886. The molecule has 3 aromatic rings. The fraction of sp³-hybridized carbons (Fsp3) is 0.235. The zero-order valence-electron chi connectivity index (χ0n) is 13.8. The lowest BCUT2D eigenvalue weighted by molar-refractivity contribution is 0.0520. The van der Waals surface area contributed by atoms with E-state index in [0.717, 1.165) is 16.9 Å². The predicted molar refractivity (Wildman–Crippen MR) is 89.1 cm³/mol. The molecule has 0 unspecified atom stereocenters. The summed E-state index contributed by atoms with van der Waals surface area (Å²) in [7, 11) is 0. The lowest BCUT2D eigenvalue weighted by atomic mass is 10.2. The van der Waals surface area contributed by atoms with Gasteiger partial charge in [-0.3, -0.25) is 4.79 Å². The molecule has 6 nitrogen and oxygen atoms in total. The maximum atomic E-state index is 12.9. The lowest BCUT2D eigenvalue weighted by Gasteiger charge is -2.11. The van der Waals surface area contributed by atoms with E-state index < -0.39 is 12.5 Å². The molecule has 1 aromatic carbocycles. The van der Waals surface area contributed by atoms with E-state index in [1.807, 2.05) is 44.2 Å². The van der Waals surface area contributed by atoms with Crippen molar-refractivity contribution < 1.29 is 13.6 Å².